The van der Waals surface area contributed by atoms with E-state index in [-0.39, 0.29) is 0 Å². The second kappa shape index (κ2) is 8.20. The molecule has 0 spiro atoms. The van der Waals surface area contributed by atoms with Gasteiger partial charge in [-0.2, -0.15) is 0 Å². The first kappa shape index (κ1) is 16.1. The number of rotatable bonds is 6. The van der Waals surface area contributed by atoms with E-state index in [0.29, 0.717) is 12.1 Å². The van der Waals surface area contributed by atoms with E-state index >= 15 is 0 Å². The first-order valence-electron chi connectivity index (χ1n) is 8.34. The predicted octanol–water partition coefficient (Wildman–Crippen LogP) is 2.81. The molecule has 23 heavy (non-hydrogen) atoms. The summed E-state index contributed by atoms with van der Waals surface area (Å²) in [6, 6.07) is 15.6. The third-order valence-electron chi connectivity index (χ3n) is 4.49. The molecule has 1 aliphatic heterocycles. The van der Waals surface area contributed by atoms with Crippen LogP contribution in [0.15, 0.2) is 54.9 Å². The van der Waals surface area contributed by atoms with Gasteiger partial charge in [-0.25, -0.2) is 0 Å². The van der Waals surface area contributed by atoms with Crippen LogP contribution in [-0.2, 0) is 4.74 Å². The van der Waals surface area contributed by atoms with Gasteiger partial charge >= 0.3 is 0 Å². The summed E-state index contributed by atoms with van der Waals surface area (Å²) in [4.78, 5) is 6.61. The lowest BCUT2D eigenvalue weighted by atomic mass is 10.0. The second-order valence-electron chi connectivity index (χ2n) is 5.99. The van der Waals surface area contributed by atoms with Gasteiger partial charge in [-0.15, -0.1) is 0 Å². The van der Waals surface area contributed by atoms with Crippen LogP contribution < -0.4 is 5.32 Å². The van der Waals surface area contributed by atoms with Gasteiger partial charge in [0.2, 0.25) is 0 Å². The smallest absolute Gasteiger partial charge is 0.0594 e. The Bertz CT molecular complexity index is 570. The number of nitrogens with zero attached hydrogens (tertiary/aromatic N) is 2. The standard InChI is InChI=1S/C19H25N3O/c1-16(17-7-9-20-10-8-17)21-15-19(18-5-3-2-4-6-18)22-11-13-23-14-12-22/h2-10,16,19,21H,11-15H2,1H3. The maximum Gasteiger partial charge on any atom is 0.0594 e. The van der Waals surface area contributed by atoms with Gasteiger partial charge in [-0.05, 0) is 30.2 Å². The molecular weight excluding hydrogens is 286 g/mol. The van der Waals surface area contributed by atoms with E-state index in [1.54, 1.807) is 0 Å². The summed E-state index contributed by atoms with van der Waals surface area (Å²) < 4.78 is 5.51. The molecule has 2 aromatic rings. The number of benzene rings is 1. The largest absolute Gasteiger partial charge is 0.379 e. The predicted molar refractivity (Wildman–Crippen MR) is 92.2 cm³/mol. The van der Waals surface area contributed by atoms with E-state index < -0.39 is 0 Å². The van der Waals surface area contributed by atoms with Crippen molar-refractivity contribution >= 4 is 0 Å². The Labute approximate surface area is 138 Å². The molecule has 1 N–H and O–H groups in total. The van der Waals surface area contributed by atoms with Gasteiger partial charge in [0, 0.05) is 44.1 Å². The molecule has 1 aromatic heterocycles. The van der Waals surface area contributed by atoms with Crippen LogP contribution in [0.3, 0.4) is 0 Å². The van der Waals surface area contributed by atoms with Gasteiger partial charge in [0.25, 0.3) is 0 Å². The number of ether oxygens (including phenoxy) is 1. The summed E-state index contributed by atoms with van der Waals surface area (Å²) in [7, 11) is 0. The molecule has 4 nitrogen and oxygen atoms in total. The number of aromatic nitrogens is 1. The topological polar surface area (TPSA) is 37.4 Å². The summed E-state index contributed by atoms with van der Waals surface area (Å²) in [6.07, 6.45) is 3.70. The van der Waals surface area contributed by atoms with E-state index in [2.05, 4.69) is 64.6 Å². The highest BCUT2D eigenvalue weighted by Crippen LogP contribution is 2.22. The SMILES string of the molecule is CC(NCC(c1ccccc1)N1CCOCC1)c1ccncc1. The van der Waals surface area contributed by atoms with Gasteiger partial charge in [0.15, 0.2) is 0 Å². The lowest BCUT2D eigenvalue weighted by Crippen LogP contribution is -2.43. The number of pyridine rings is 1. The number of morpholine rings is 1. The van der Waals surface area contributed by atoms with Gasteiger partial charge in [0.1, 0.15) is 0 Å². The molecule has 3 rings (SSSR count). The molecule has 2 unspecified atom stereocenters. The molecule has 2 atom stereocenters. The lowest BCUT2D eigenvalue weighted by molar-refractivity contribution is 0.0157. The summed E-state index contributed by atoms with van der Waals surface area (Å²) in [5.41, 5.74) is 2.64. The highest BCUT2D eigenvalue weighted by atomic mass is 16.5. The quantitative estimate of drug-likeness (QED) is 0.890. The molecule has 0 radical (unpaired) electrons. The zero-order valence-electron chi connectivity index (χ0n) is 13.7. The maximum atomic E-state index is 5.51. The van der Waals surface area contributed by atoms with Crippen LogP contribution in [-0.4, -0.2) is 42.7 Å². The van der Waals surface area contributed by atoms with Crippen molar-refractivity contribution in [1.82, 2.24) is 15.2 Å². The fourth-order valence-corrected chi connectivity index (χ4v) is 3.08. The minimum absolute atomic E-state index is 0.310. The number of nitrogens with one attached hydrogen (secondary N) is 1. The molecule has 122 valence electrons. The van der Waals surface area contributed by atoms with Crippen molar-refractivity contribution in [3.63, 3.8) is 0 Å². The summed E-state index contributed by atoms with van der Waals surface area (Å²) in [5, 5.41) is 3.68. The van der Waals surface area contributed by atoms with Crippen LogP contribution in [0, 0.1) is 0 Å². The fourth-order valence-electron chi connectivity index (χ4n) is 3.08. The Kier molecular flexibility index (Phi) is 5.75. The average molecular weight is 311 g/mol. The first-order chi connectivity index (χ1) is 11.3. The Morgan fingerprint density at radius 3 is 2.43 bits per heavy atom. The molecular formula is C19H25N3O. The van der Waals surface area contributed by atoms with Crippen LogP contribution >= 0.6 is 0 Å². The van der Waals surface area contributed by atoms with Crippen LogP contribution in [0.25, 0.3) is 0 Å². The summed E-state index contributed by atoms with van der Waals surface area (Å²) in [6.45, 7) is 6.76. The minimum atomic E-state index is 0.310. The molecule has 0 aliphatic carbocycles. The zero-order chi connectivity index (χ0) is 15.9. The maximum absolute atomic E-state index is 5.51. The van der Waals surface area contributed by atoms with Gasteiger partial charge in [-0.1, -0.05) is 30.3 Å². The molecule has 1 aliphatic rings. The second-order valence-corrected chi connectivity index (χ2v) is 5.99. The van der Waals surface area contributed by atoms with Gasteiger partial charge < -0.3 is 10.1 Å². The van der Waals surface area contributed by atoms with Crippen molar-refractivity contribution in [1.29, 1.82) is 0 Å². The molecule has 0 amide bonds. The molecule has 1 saturated heterocycles. The van der Waals surface area contributed by atoms with Crippen molar-refractivity contribution in [3.8, 4) is 0 Å². The Morgan fingerprint density at radius 2 is 1.74 bits per heavy atom. The first-order valence-corrected chi connectivity index (χ1v) is 8.34. The Morgan fingerprint density at radius 1 is 1.04 bits per heavy atom. The van der Waals surface area contributed by atoms with Crippen LogP contribution in [0.1, 0.15) is 30.1 Å². The average Bonchev–Trinajstić information content (AvgIpc) is 2.64. The molecule has 2 heterocycles. The molecule has 1 aromatic carbocycles. The van der Waals surface area contributed by atoms with Crippen molar-refractivity contribution in [2.45, 2.75) is 19.0 Å². The number of hydrogen-bond acceptors (Lipinski definition) is 4. The highest BCUT2D eigenvalue weighted by Gasteiger charge is 2.22. The molecule has 0 bridgehead atoms. The fraction of sp³-hybridized carbons (Fsp3) is 0.421. The Balaban J connectivity index is 1.68. The molecule has 4 heteroatoms. The van der Waals surface area contributed by atoms with Crippen molar-refractivity contribution in [3.05, 3.63) is 66.0 Å². The highest BCUT2D eigenvalue weighted by molar-refractivity contribution is 5.20. The van der Waals surface area contributed by atoms with Gasteiger partial charge in [0.05, 0.1) is 13.2 Å². The third kappa shape index (κ3) is 4.38. The van der Waals surface area contributed by atoms with Crippen LogP contribution in [0.5, 0.6) is 0 Å². The number of hydrogen-bond donors (Lipinski definition) is 1. The monoisotopic (exact) mass is 311 g/mol. The molecule has 1 fully saturated rings. The van der Waals surface area contributed by atoms with E-state index in [0.717, 1.165) is 32.8 Å². The lowest BCUT2D eigenvalue weighted by Gasteiger charge is -2.35. The minimum Gasteiger partial charge on any atom is -0.379 e. The zero-order valence-corrected chi connectivity index (χ0v) is 13.7. The third-order valence-corrected chi connectivity index (χ3v) is 4.49. The van der Waals surface area contributed by atoms with E-state index in [1.807, 2.05) is 12.4 Å². The van der Waals surface area contributed by atoms with Gasteiger partial charge in [-0.3, -0.25) is 9.88 Å². The molecule has 0 saturated carbocycles. The normalized spacial score (nSPS) is 18.5. The van der Waals surface area contributed by atoms with E-state index in [9.17, 15) is 0 Å². The summed E-state index contributed by atoms with van der Waals surface area (Å²) in [5.74, 6) is 0. The van der Waals surface area contributed by atoms with E-state index in [4.69, 9.17) is 4.74 Å². The van der Waals surface area contributed by atoms with Crippen molar-refractivity contribution in [2.24, 2.45) is 0 Å². The Hall–Kier alpha value is -1.75. The van der Waals surface area contributed by atoms with Crippen molar-refractivity contribution in [2.75, 3.05) is 32.8 Å². The van der Waals surface area contributed by atoms with Crippen LogP contribution in [0.2, 0.25) is 0 Å². The van der Waals surface area contributed by atoms with Crippen LogP contribution in [0.4, 0.5) is 0 Å². The summed E-state index contributed by atoms with van der Waals surface area (Å²) >= 11 is 0. The van der Waals surface area contributed by atoms with E-state index in [1.165, 1.54) is 11.1 Å². The van der Waals surface area contributed by atoms with Crippen molar-refractivity contribution < 1.29 is 4.74 Å².